The van der Waals surface area contributed by atoms with E-state index >= 15 is 0 Å². The van der Waals surface area contributed by atoms with Crippen LogP contribution < -0.4 is 0 Å². The minimum absolute atomic E-state index is 0.685. The summed E-state index contributed by atoms with van der Waals surface area (Å²) in [4.78, 5) is 7.44. The lowest BCUT2D eigenvalue weighted by molar-refractivity contribution is 0.116. The molecule has 1 atom stereocenters. The van der Waals surface area contributed by atoms with Crippen LogP contribution in [0.4, 0.5) is 0 Å². The highest BCUT2D eigenvalue weighted by Crippen LogP contribution is 2.24. The van der Waals surface area contributed by atoms with Crippen molar-refractivity contribution in [2.45, 2.75) is 51.6 Å². The number of fused-ring (bicyclic) bond motifs is 1. The molecule has 0 aromatic carbocycles. The topological polar surface area (TPSA) is 29.8 Å². The van der Waals surface area contributed by atoms with Gasteiger partial charge in [0.1, 0.15) is 5.82 Å². The van der Waals surface area contributed by atoms with Gasteiger partial charge in [-0.2, -0.15) is 0 Å². The molecule has 0 amide bonds. The number of hydrogen-bond acceptors (Lipinski definition) is 3. The van der Waals surface area contributed by atoms with Gasteiger partial charge in [0.25, 0.3) is 0 Å². The molecular weight excluding hydrogens is 274 g/mol. The zero-order valence-corrected chi connectivity index (χ0v) is 13.8. The summed E-state index contributed by atoms with van der Waals surface area (Å²) in [5.41, 5.74) is 2.47. The molecule has 0 saturated carbocycles. The van der Waals surface area contributed by atoms with Gasteiger partial charge in [-0.3, -0.25) is 4.90 Å². The Kier molecular flexibility index (Phi) is 5.11. The first-order valence-electron chi connectivity index (χ1n) is 8.45. The zero-order valence-electron chi connectivity index (χ0n) is 13.8. The normalized spacial score (nSPS) is 19.8. The van der Waals surface area contributed by atoms with E-state index < -0.39 is 0 Å². The number of pyridine rings is 1. The Balaban J connectivity index is 1.74. The van der Waals surface area contributed by atoms with Crippen molar-refractivity contribution in [1.29, 1.82) is 0 Å². The van der Waals surface area contributed by atoms with Gasteiger partial charge in [0.15, 0.2) is 0 Å². The Morgan fingerprint density at radius 2 is 2.23 bits per heavy atom. The van der Waals surface area contributed by atoms with Crippen LogP contribution in [0.3, 0.4) is 0 Å². The van der Waals surface area contributed by atoms with Gasteiger partial charge in [0.2, 0.25) is 0 Å². The molecule has 2 aromatic rings. The fourth-order valence-corrected chi connectivity index (χ4v) is 3.63. The van der Waals surface area contributed by atoms with Gasteiger partial charge < -0.3 is 9.14 Å². The first-order chi connectivity index (χ1) is 10.8. The highest BCUT2D eigenvalue weighted by molar-refractivity contribution is 5.53. The lowest BCUT2D eigenvalue weighted by atomic mass is 9.98. The summed E-state index contributed by atoms with van der Waals surface area (Å²) in [6.45, 7) is 5.13. The summed E-state index contributed by atoms with van der Waals surface area (Å²) in [6, 6.07) is 7.04. The van der Waals surface area contributed by atoms with Gasteiger partial charge in [0, 0.05) is 32.5 Å². The summed E-state index contributed by atoms with van der Waals surface area (Å²) in [7, 11) is 1.79. The number of piperidine rings is 1. The number of aryl methyl sites for hydroxylation is 1. The second kappa shape index (κ2) is 7.25. The standard InChI is InChI=1S/C18H27N3O/c1-15-19-17(18-10-4-6-12-21(15)18)14-20-11-5-3-8-16(20)9-7-13-22-2/h4,6,10,12,16H,3,5,7-9,11,13-14H2,1-2H3/t16-/m0/s1. The van der Waals surface area contributed by atoms with Gasteiger partial charge in [-0.05, 0) is 51.3 Å². The van der Waals surface area contributed by atoms with Crippen molar-refractivity contribution < 1.29 is 4.74 Å². The molecule has 0 radical (unpaired) electrons. The molecule has 1 fully saturated rings. The van der Waals surface area contributed by atoms with E-state index in [0.29, 0.717) is 6.04 Å². The van der Waals surface area contributed by atoms with Gasteiger partial charge in [-0.25, -0.2) is 4.98 Å². The second-order valence-electron chi connectivity index (χ2n) is 6.32. The molecule has 1 aliphatic rings. The minimum atomic E-state index is 0.685. The average molecular weight is 301 g/mol. The van der Waals surface area contributed by atoms with E-state index in [1.54, 1.807) is 7.11 Å². The third-order valence-electron chi connectivity index (χ3n) is 4.79. The summed E-state index contributed by atoms with van der Waals surface area (Å²) < 4.78 is 7.41. The molecular formula is C18H27N3O. The average Bonchev–Trinajstić information content (AvgIpc) is 2.86. The molecule has 4 heteroatoms. The van der Waals surface area contributed by atoms with Gasteiger partial charge >= 0.3 is 0 Å². The second-order valence-corrected chi connectivity index (χ2v) is 6.32. The molecule has 0 N–H and O–H groups in total. The minimum Gasteiger partial charge on any atom is -0.385 e. The summed E-state index contributed by atoms with van der Waals surface area (Å²) in [6.07, 6.45) is 8.48. The van der Waals surface area contributed by atoms with Crippen LogP contribution >= 0.6 is 0 Å². The molecule has 1 aliphatic heterocycles. The molecule has 120 valence electrons. The number of likely N-dealkylation sites (tertiary alicyclic amines) is 1. The number of hydrogen-bond donors (Lipinski definition) is 0. The van der Waals surface area contributed by atoms with Crippen molar-refractivity contribution in [3.8, 4) is 0 Å². The molecule has 2 aromatic heterocycles. The molecule has 0 bridgehead atoms. The quantitative estimate of drug-likeness (QED) is 0.766. The summed E-state index contributed by atoms with van der Waals surface area (Å²) in [5, 5.41) is 0. The van der Waals surface area contributed by atoms with Crippen LogP contribution in [-0.4, -0.2) is 40.6 Å². The van der Waals surface area contributed by atoms with Crippen molar-refractivity contribution in [2.24, 2.45) is 0 Å². The lowest BCUT2D eigenvalue weighted by Crippen LogP contribution is -2.39. The number of aromatic nitrogens is 2. The monoisotopic (exact) mass is 301 g/mol. The zero-order chi connectivity index (χ0) is 15.4. The Morgan fingerprint density at radius 3 is 3.09 bits per heavy atom. The molecule has 0 unspecified atom stereocenters. The smallest absolute Gasteiger partial charge is 0.110 e. The first kappa shape index (κ1) is 15.5. The first-order valence-corrected chi connectivity index (χ1v) is 8.45. The number of nitrogens with zero attached hydrogens (tertiary/aromatic N) is 3. The van der Waals surface area contributed by atoms with Crippen LogP contribution in [0.5, 0.6) is 0 Å². The third-order valence-corrected chi connectivity index (χ3v) is 4.79. The molecule has 0 spiro atoms. The fraction of sp³-hybridized carbons (Fsp3) is 0.611. The van der Waals surface area contributed by atoms with Gasteiger partial charge in [-0.1, -0.05) is 12.5 Å². The molecule has 22 heavy (non-hydrogen) atoms. The van der Waals surface area contributed by atoms with Crippen molar-refractivity contribution in [1.82, 2.24) is 14.3 Å². The van der Waals surface area contributed by atoms with Crippen LogP contribution in [-0.2, 0) is 11.3 Å². The number of rotatable bonds is 6. The Morgan fingerprint density at radius 1 is 1.32 bits per heavy atom. The van der Waals surface area contributed by atoms with Crippen LogP contribution in [0.2, 0.25) is 0 Å². The van der Waals surface area contributed by atoms with E-state index in [1.807, 2.05) is 0 Å². The van der Waals surface area contributed by atoms with Crippen molar-refractivity contribution >= 4 is 5.52 Å². The Hall–Kier alpha value is -1.39. The van der Waals surface area contributed by atoms with Crippen molar-refractivity contribution in [2.75, 3.05) is 20.3 Å². The largest absolute Gasteiger partial charge is 0.385 e. The molecule has 3 rings (SSSR count). The van der Waals surface area contributed by atoms with E-state index in [9.17, 15) is 0 Å². The van der Waals surface area contributed by atoms with Crippen molar-refractivity contribution in [3.63, 3.8) is 0 Å². The Bertz CT molecular complexity index is 607. The SMILES string of the molecule is COCCC[C@@H]1CCCCN1Cc1nc(C)n2ccccc12. The number of ether oxygens (including phenoxy) is 1. The van der Waals surface area contributed by atoms with Crippen LogP contribution in [0.25, 0.3) is 5.52 Å². The van der Waals surface area contributed by atoms with Crippen LogP contribution in [0.15, 0.2) is 24.4 Å². The van der Waals surface area contributed by atoms with Crippen molar-refractivity contribution in [3.05, 3.63) is 35.9 Å². The van der Waals surface area contributed by atoms with Gasteiger partial charge in [-0.15, -0.1) is 0 Å². The maximum Gasteiger partial charge on any atom is 0.110 e. The van der Waals surface area contributed by atoms with E-state index in [1.165, 1.54) is 43.4 Å². The number of imidazole rings is 1. The van der Waals surface area contributed by atoms with Crippen LogP contribution in [0, 0.1) is 6.92 Å². The van der Waals surface area contributed by atoms with Gasteiger partial charge in [0.05, 0.1) is 11.2 Å². The summed E-state index contributed by atoms with van der Waals surface area (Å²) >= 11 is 0. The maximum absolute atomic E-state index is 5.21. The highest BCUT2D eigenvalue weighted by Gasteiger charge is 2.23. The van der Waals surface area contributed by atoms with E-state index in [0.717, 1.165) is 25.4 Å². The highest BCUT2D eigenvalue weighted by atomic mass is 16.5. The predicted molar refractivity (Wildman–Crippen MR) is 89.1 cm³/mol. The van der Waals surface area contributed by atoms with E-state index in [2.05, 4.69) is 40.6 Å². The van der Waals surface area contributed by atoms with E-state index in [4.69, 9.17) is 9.72 Å². The molecule has 1 saturated heterocycles. The summed E-state index contributed by atoms with van der Waals surface area (Å²) in [5.74, 6) is 1.08. The molecule has 3 heterocycles. The fourth-order valence-electron chi connectivity index (χ4n) is 3.63. The lowest BCUT2D eigenvalue weighted by Gasteiger charge is -2.35. The predicted octanol–water partition coefficient (Wildman–Crippen LogP) is 3.42. The maximum atomic E-state index is 5.21. The third kappa shape index (κ3) is 3.33. The van der Waals surface area contributed by atoms with E-state index in [-0.39, 0.29) is 0 Å². The molecule has 4 nitrogen and oxygen atoms in total. The molecule has 0 aliphatic carbocycles. The Labute approximate surface area is 133 Å². The van der Waals surface area contributed by atoms with Crippen LogP contribution in [0.1, 0.15) is 43.6 Å². The number of methoxy groups -OCH3 is 1.